The molecule has 4 atom stereocenters. The van der Waals surface area contributed by atoms with Crippen molar-refractivity contribution in [2.45, 2.75) is 52.4 Å². The highest BCUT2D eigenvalue weighted by molar-refractivity contribution is 7.52. The van der Waals surface area contributed by atoms with Crippen molar-refractivity contribution in [2.75, 3.05) is 13.2 Å². The normalized spacial score (nSPS) is 20.2. The first kappa shape index (κ1) is 28.4. The number of H-pyrrole nitrogens is 1. The third-order valence-corrected chi connectivity index (χ3v) is 7.13. The van der Waals surface area contributed by atoms with E-state index in [0.717, 1.165) is 0 Å². The first-order valence-electron chi connectivity index (χ1n) is 10.8. The number of hydrogen-bond donors (Lipinski definition) is 2. The second-order valence-corrected chi connectivity index (χ2v) is 10.6. The Morgan fingerprint density at radius 1 is 1.28 bits per heavy atom. The van der Waals surface area contributed by atoms with Crippen LogP contribution in [-0.4, -0.2) is 47.2 Å². The number of halogens is 2. The molecular formula is C21H26Cl2N3O9P. The minimum Gasteiger partial charge on any atom is -0.462 e. The second-order valence-electron chi connectivity index (χ2n) is 8.13. The molecule has 2 aromatic rings. The highest BCUT2D eigenvalue weighted by atomic mass is 35.5. The number of rotatable bonds is 10. The molecule has 1 aromatic carbocycles. The maximum absolute atomic E-state index is 13.6. The fourth-order valence-corrected chi connectivity index (χ4v) is 4.78. The maximum Gasteiger partial charge on any atom is 0.459 e. The fraction of sp³-hybridized carbons (Fsp3) is 0.476. The van der Waals surface area contributed by atoms with Crippen molar-refractivity contribution < 1.29 is 32.6 Å². The zero-order chi connectivity index (χ0) is 26.6. The van der Waals surface area contributed by atoms with Crippen LogP contribution in [0.1, 0.15) is 32.6 Å². The third-order valence-electron chi connectivity index (χ3n) is 4.74. The molecule has 0 bridgehead atoms. The highest BCUT2D eigenvalue weighted by Crippen LogP contribution is 2.46. The molecule has 1 saturated heterocycles. The number of aromatic nitrogens is 2. The molecule has 1 fully saturated rings. The summed E-state index contributed by atoms with van der Waals surface area (Å²) in [6, 6.07) is 3.13. The van der Waals surface area contributed by atoms with E-state index in [1.807, 2.05) is 0 Å². The topological polar surface area (TPSA) is 147 Å². The van der Waals surface area contributed by atoms with Gasteiger partial charge in [0, 0.05) is 17.8 Å². The lowest BCUT2D eigenvalue weighted by molar-refractivity contribution is -0.149. The number of benzene rings is 1. The molecule has 0 amide bonds. The van der Waals surface area contributed by atoms with Gasteiger partial charge in [-0.05, 0) is 39.8 Å². The SMILES string of the molecule is Cc1cn([C@H]2CO[C@@H](COP(=O)(N[C@@H](C)C(=O)OC(C)C)Oc3ccc(Cl)c(Cl)c3)O2)c(=O)[nH]c1=O. The Kier molecular flexibility index (Phi) is 9.39. The van der Waals surface area contributed by atoms with Gasteiger partial charge in [-0.25, -0.2) is 9.36 Å². The molecule has 15 heteroatoms. The van der Waals surface area contributed by atoms with Gasteiger partial charge in [-0.15, -0.1) is 0 Å². The van der Waals surface area contributed by atoms with Gasteiger partial charge in [0.25, 0.3) is 5.56 Å². The maximum atomic E-state index is 13.6. The van der Waals surface area contributed by atoms with Gasteiger partial charge in [-0.3, -0.25) is 23.7 Å². The standard InChI is InChI=1S/C21H26Cl2N3O9P/c1-11(2)33-20(28)13(4)25-36(30,35-14-5-6-15(22)16(23)7-14)32-10-18-31-9-17(34-18)26-8-12(3)19(27)24-21(26)29/h5-8,11,13,17-18H,9-10H2,1-4H3,(H,25,30)(H,24,27,29)/t13-,17+,18+,36?/m0/s1. The summed E-state index contributed by atoms with van der Waals surface area (Å²) >= 11 is 11.9. The highest BCUT2D eigenvalue weighted by Gasteiger charge is 2.36. The van der Waals surface area contributed by atoms with Gasteiger partial charge in [-0.1, -0.05) is 23.2 Å². The Bertz CT molecular complexity index is 1270. The number of nitrogens with zero attached hydrogens (tertiary/aromatic N) is 1. The summed E-state index contributed by atoms with van der Waals surface area (Å²) in [5, 5.41) is 2.94. The molecule has 2 N–H and O–H groups in total. The summed E-state index contributed by atoms with van der Waals surface area (Å²) in [5.74, 6) is -0.612. The molecule has 12 nitrogen and oxygen atoms in total. The third kappa shape index (κ3) is 7.42. The van der Waals surface area contributed by atoms with E-state index < -0.39 is 56.2 Å². The molecule has 0 aliphatic carbocycles. The molecule has 0 saturated carbocycles. The van der Waals surface area contributed by atoms with Crippen LogP contribution in [0.4, 0.5) is 0 Å². The van der Waals surface area contributed by atoms with Crippen LogP contribution in [0, 0.1) is 6.92 Å². The van der Waals surface area contributed by atoms with E-state index in [1.54, 1.807) is 20.8 Å². The van der Waals surface area contributed by atoms with E-state index in [-0.39, 0.29) is 22.4 Å². The summed E-state index contributed by atoms with van der Waals surface area (Å²) in [7, 11) is -4.23. The van der Waals surface area contributed by atoms with Crippen molar-refractivity contribution in [3.05, 3.63) is 60.8 Å². The number of carbonyl (C=O) groups is 1. The number of carbonyl (C=O) groups excluding carboxylic acids is 1. The van der Waals surface area contributed by atoms with Crippen molar-refractivity contribution in [3.63, 3.8) is 0 Å². The second kappa shape index (κ2) is 11.9. The zero-order valence-electron chi connectivity index (χ0n) is 19.9. The molecule has 198 valence electrons. The van der Waals surface area contributed by atoms with Crippen molar-refractivity contribution in [1.29, 1.82) is 0 Å². The van der Waals surface area contributed by atoms with Crippen LogP contribution in [0.2, 0.25) is 10.0 Å². The van der Waals surface area contributed by atoms with Gasteiger partial charge < -0.3 is 18.7 Å². The number of ether oxygens (including phenoxy) is 3. The summed E-state index contributed by atoms with van der Waals surface area (Å²) in [6.07, 6.45) is -0.944. The van der Waals surface area contributed by atoms with Crippen molar-refractivity contribution >= 4 is 36.9 Å². The van der Waals surface area contributed by atoms with Crippen molar-refractivity contribution in [2.24, 2.45) is 0 Å². The smallest absolute Gasteiger partial charge is 0.459 e. The quantitative estimate of drug-likeness (QED) is 0.325. The van der Waals surface area contributed by atoms with Gasteiger partial charge in [-0.2, -0.15) is 5.09 Å². The van der Waals surface area contributed by atoms with Crippen LogP contribution in [0.3, 0.4) is 0 Å². The Labute approximate surface area is 216 Å². The molecule has 0 spiro atoms. The summed E-state index contributed by atoms with van der Waals surface area (Å²) < 4.78 is 42.1. The Hall–Kier alpha value is -2.18. The average molecular weight is 566 g/mol. The zero-order valence-corrected chi connectivity index (χ0v) is 22.3. The van der Waals surface area contributed by atoms with Crippen LogP contribution in [0.15, 0.2) is 34.0 Å². The minimum absolute atomic E-state index is 0.0398. The van der Waals surface area contributed by atoms with Crippen LogP contribution in [0.25, 0.3) is 0 Å². The minimum atomic E-state index is -4.23. The Balaban J connectivity index is 1.73. The lowest BCUT2D eigenvalue weighted by Gasteiger charge is -2.24. The van der Waals surface area contributed by atoms with Gasteiger partial charge in [0.15, 0.2) is 12.5 Å². The van der Waals surface area contributed by atoms with Crippen LogP contribution >= 0.6 is 30.9 Å². The monoisotopic (exact) mass is 565 g/mol. The van der Waals surface area contributed by atoms with Crippen molar-refractivity contribution in [1.82, 2.24) is 14.6 Å². The summed E-state index contributed by atoms with van der Waals surface area (Å²) in [4.78, 5) is 38.2. The van der Waals surface area contributed by atoms with Gasteiger partial charge in [0.1, 0.15) is 18.4 Å². The predicted molar refractivity (Wildman–Crippen MR) is 130 cm³/mol. The molecule has 2 heterocycles. The average Bonchev–Trinajstić information content (AvgIpc) is 3.26. The first-order valence-corrected chi connectivity index (χ1v) is 13.1. The summed E-state index contributed by atoms with van der Waals surface area (Å²) in [6.45, 7) is 5.88. The van der Waals surface area contributed by atoms with Gasteiger partial charge in [0.2, 0.25) is 0 Å². The fourth-order valence-electron chi connectivity index (χ4n) is 3.02. The molecule has 1 unspecified atom stereocenters. The Morgan fingerprint density at radius 3 is 2.67 bits per heavy atom. The van der Waals surface area contributed by atoms with E-state index in [2.05, 4.69) is 10.1 Å². The van der Waals surface area contributed by atoms with E-state index in [4.69, 9.17) is 46.5 Å². The molecule has 36 heavy (non-hydrogen) atoms. The predicted octanol–water partition coefficient (Wildman–Crippen LogP) is 3.16. The molecule has 3 rings (SSSR count). The number of aromatic amines is 1. The van der Waals surface area contributed by atoms with Crippen LogP contribution in [0.5, 0.6) is 5.75 Å². The number of hydrogen-bond acceptors (Lipinski definition) is 9. The lowest BCUT2D eigenvalue weighted by Crippen LogP contribution is -2.37. The lowest BCUT2D eigenvalue weighted by atomic mass is 10.3. The molecule has 1 aliphatic rings. The molecule has 1 aliphatic heterocycles. The number of nitrogens with one attached hydrogen (secondary N) is 2. The van der Waals surface area contributed by atoms with Crippen LogP contribution < -0.4 is 20.9 Å². The van der Waals surface area contributed by atoms with E-state index in [9.17, 15) is 18.9 Å². The molecular weight excluding hydrogens is 540 g/mol. The van der Waals surface area contributed by atoms with Crippen LogP contribution in [-0.2, 0) is 28.1 Å². The van der Waals surface area contributed by atoms with Gasteiger partial charge in [0.05, 0.1) is 22.8 Å². The van der Waals surface area contributed by atoms with Crippen molar-refractivity contribution in [3.8, 4) is 5.75 Å². The first-order chi connectivity index (χ1) is 16.9. The van der Waals surface area contributed by atoms with Gasteiger partial charge >= 0.3 is 19.4 Å². The molecule has 1 aromatic heterocycles. The summed E-state index contributed by atoms with van der Waals surface area (Å²) in [5.41, 5.74) is -0.871. The molecule has 0 radical (unpaired) electrons. The number of aryl methyl sites for hydroxylation is 1. The van der Waals surface area contributed by atoms with E-state index in [0.29, 0.717) is 5.56 Å². The Morgan fingerprint density at radius 2 is 2.00 bits per heavy atom. The number of esters is 1. The van der Waals surface area contributed by atoms with E-state index in [1.165, 1.54) is 35.9 Å². The largest absolute Gasteiger partial charge is 0.462 e. The van der Waals surface area contributed by atoms with E-state index >= 15 is 0 Å².